The van der Waals surface area contributed by atoms with E-state index in [0.29, 0.717) is 35.7 Å². The number of nitrogens with zero attached hydrogens (tertiary/aromatic N) is 2. The molecule has 0 saturated heterocycles. The molecule has 2 aromatic rings. The number of para-hydroxylation sites is 1. The van der Waals surface area contributed by atoms with Crippen LogP contribution in [0, 0.1) is 0 Å². The van der Waals surface area contributed by atoms with Crippen LogP contribution in [0.15, 0.2) is 89.4 Å². The Balaban J connectivity index is 1.78. The summed E-state index contributed by atoms with van der Waals surface area (Å²) in [6, 6.07) is 12.4. The number of likely N-dealkylation sites (N-methyl/N-ethyl adjacent to an activating group) is 1. The summed E-state index contributed by atoms with van der Waals surface area (Å²) < 4.78 is 29.6. The molecule has 3 rings (SSSR count). The number of rotatable bonds is 8. The number of pyridine rings is 1. The first kappa shape index (κ1) is 23.1. The van der Waals surface area contributed by atoms with E-state index in [1.165, 1.54) is 17.4 Å². The van der Waals surface area contributed by atoms with E-state index < -0.39 is 10.0 Å². The summed E-state index contributed by atoms with van der Waals surface area (Å²) in [6.07, 6.45) is 9.21. The third-order valence-corrected chi connectivity index (χ3v) is 6.87. The summed E-state index contributed by atoms with van der Waals surface area (Å²) in [7, 11) is -0.568. The van der Waals surface area contributed by atoms with Crippen molar-refractivity contribution >= 4 is 27.3 Å². The molecule has 0 spiro atoms. The Morgan fingerprint density at radius 1 is 1.09 bits per heavy atom. The van der Waals surface area contributed by atoms with E-state index in [-0.39, 0.29) is 17.2 Å². The molecule has 1 amide bonds. The van der Waals surface area contributed by atoms with Crippen LogP contribution in [-0.2, 0) is 21.4 Å². The molecular formula is C23H28N5O3S+. The standard InChI is InChI=1S/C23H27N5O3S/c1-25-21-10-6-9-20(32(30,31)27(2)19-7-4-3-5-8-19)17-22(21)26-23(29)13-16-28-14-11-18(24)12-15-28/h3-5,7-12,14-15,17,24-25H,6,13,16H2,1-2H3,(H,26,29)/p+1. The number of aryl methyl sites for hydroxylation is 1. The zero-order chi connectivity index (χ0) is 23.1. The van der Waals surface area contributed by atoms with Crippen molar-refractivity contribution in [3.8, 4) is 0 Å². The van der Waals surface area contributed by atoms with Gasteiger partial charge < -0.3 is 16.4 Å². The Kier molecular flexibility index (Phi) is 7.32. The van der Waals surface area contributed by atoms with Gasteiger partial charge in [-0.1, -0.05) is 30.4 Å². The molecule has 32 heavy (non-hydrogen) atoms. The maximum atomic E-state index is 13.2. The first-order valence-electron chi connectivity index (χ1n) is 10.2. The number of carbonyl (C=O) groups is 1. The van der Waals surface area contributed by atoms with Gasteiger partial charge in [-0.25, -0.2) is 13.0 Å². The average molecular weight is 455 g/mol. The van der Waals surface area contributed by atoms with Gasteiger partial charge in [0.05, 0.1) is 28.4 Å². The second-order valence-corrected chi connectivity index (χ2v) is 9.21. The van der Waals surface area contributed by atoms with Crippen molar-refractivity contribution in [1.29, 1.82) is 0 Å². The molecular weight excluding hydrogens is 426 g/mol. The minimum absolute atomic E-state index is 0.119. The van der Waals surface area contributed by atoms with Crippen molar-refractivity contribution in [2.45, 2.75) is 19.4 Å². The second-order valence-electron chi connectivity index (χ2n) is 7.24. The predicted octanol–water partition coefficient (Wildman–Crippen LogP) is 1.80. The number of allylic oxidation sites excluding steroid dienone is 3. The van der Waals surface area contributed by atoms with Crippen molar-refractivity contribution in [3.05, 3.63) is 89.4 Å². The average Bonchev–Trinajstić information content (AvgIpc) is 3.01. The molecule has 0 saturated carbocycles. The van der Waals surface area contributed by atoms with E-state index in [1.807, 2.05) is 16.7 Å². The van der Waals surface area contributed by atoms with Gasteiger partial charge in [-0.2, -0.15) is 0 Å². The number of amides is 1. The number of carbonyl (C=O) groups excluding carboxylic acids is 1. The van der Waals surface area contributed by atoms with Gasteiger partial charge in [0.15, 0.2) is 18.9 Å². The van der Waals surface area contributed by atoms with Gasteiger partial charge >= 0.3 is 0 Å². The van der Waals surface area contributed by atoms with Crippen LogP contribution >= 0.6 is 0 Å². The van der Waals surface area contributed by atoms with Crippen molar-refractivity contribution in [2.24, 2.45) is 0 Å². The largest absolute Gasteiger partial charge is 0.398 e. The fourth-order valence-electron chi connectivity index (χ4n) is 3.20. The molecule has 8 nitrogen and oxygen atoms in total. The molecule has 9 heteroatoms. The van der Waals surface area contributed by atoms with Crippen molar-refractivity contribution in [2.75, 3.05) is 24.1 Å². The molecule has 0 radical (unpaired) electrons. The third-order valence-electron chi connectivity index (χ3n) is 5.05. The fourth-order valence-corrected chi connectivity index (χ4v) is 4.49. The van der Waals surface area contributed by atoms with Crippen LogP contribution in [-0.4, -0.2) is 28.4 Å². The van der Waals surface area contributed by atoms with Crippen LogP contribution < -0.4 is 25.2 Å². The normalized spacial score (nSPS) is 13.9. The first-order valence-corrected chi connectivity index (χ1v) is 11.6. The highest BCUT2D eigenvalue weighted by Crippen LogP contribution is 2.25. The monoisotopic (exact) mass is 454 g/mol. The van der Waals surface area contributed by atoms with Crippen molar-refractivity contribution < 1.29 is 17.8 Å². The maximum Gasteiger partial charge on any atom is 0.263 e. The molecule has 1 aromatic heterocycles. The number of hydrogen-bond acceptors (Lipinski definition) is 5. The van der Waals surface area contributed by atoms with Crippen LogP contribution in [0.1, 0.15) is 12.8 Å². The number of sulfonamides is 1. The topological polar surface area (TPSA) is 108 Å². The number of hydrogen-bond donors (Lipinski definition) is 3. The Labute approximate surface area is 188 Å². The molecule has 0 atom stereocenters. The Morgan fingerprint density at radius 2 is 1.78 bits per heavy atom. The summed E-state index contributed by atoms with van der Waals surface area (Å²) in [5.74, 6) is -0.225. The molecule has 1 heterocycles. The number of benzene rings is 1. The molecule has 0 bridgehead atoms. The second kappa shape index (κ2) is 10.1. The third kappa shape index (κ3) is 5.55. The van der Waals surface area contributed by atoms with Crippen LogP contribution in [0.25, 0.3) is 0 Å². The van der Waals surface area contributed by atoms with Gasteiger partial charge in [0.1, 0.15) is 0 Å². The number of nitrogens with two attached hydrogens (primary N) is 1. The molecule has 1 aliphatic rings. The van der Waals surface area contributed by atoms with Crippen molar-refractivity contribution in [1.82, 2.24) is 10.6 Å². The Bertz CT molecular complexity index is 1150. The summed E-state index contributed by atoms with van der Waals surface area (Å²) in [5.41, 5.74) is 7.96. The lowest BCUT2D eigenvalue weighted by atomic mass is 10.2. The Hall–Kier alpha value is -3.59. The SMILES string of the molecule is CNC1=CCC=C(S(=O)(=O)N(C)c2ccccc2)C=C1NC(=O)CC[n+]1ccc(N)cc1. The zero-order valence-corrected chi connectivity index (χ0v) is 19.0. The van der Waals surface area contributed by atoms with Gasteiger partial charge in [-0.3, -0.25) is 9.10 Å². The smallest absolute Gasteiger partial charge is 0.263 e. The number of aromatic nitrogens is 1. The molecule has 0 aliphatic heterocycles. The van der Waals surface area contributed by atoms with E-state index in [0.717, 1.165) is 0 Å². The lowest BCUT2D eigenvalue weighted by Gasteiger charge is -2.20. The van der Waals surface area contributed by atoms with Crippen LogP contribution in [0.3, 0.4) is 0 Å². The van der Waals surface area contributed by atoms with E-state index in [1.54, 1.807) is 61.9 Å². The van der Waals surface area contributed by atoms with E-state index in [9.17, 15) is 13.2 Å². The van der Waals surface area contributed by atoms with Gasteiger partial charge in [-0.05, 0) is 24.6 Å². The highest BCUT2D eigenvalue weighted by Gasteiger charge is 2.25. The highest BCUT2D eigenvalue weighted by atomic mass is 32.2. The van der Waals surface area contributed by atoms with Gasteiger partial charge in [-0.15, -0.1) is 0 Å². The molecule has 1 aromatic carbocycles. The van der Waals surface area contributed by atoms with Crippen LogP contribution in [0.2, 0.25) is 0 Å². The zero-order valence-electron chi connectivity index (χ0n) is 18.2. The predicted molar refractivity (Wildman–Crippen MR) is 125 cm³/mol. The molecule has 1 aliphatic carbocycles. The van der Waals surface area contributed by atoms with Gasteiger partial charge in [0, 0.05) is 31.9 Å². The fraction of sp³-hybridized carbons (Fsp3) is 0.217. The lowest BCUT2D eigenvalue weighted by molar-refractivity contribution is -0.695. The molecule has 0 unspecified atom stereocenters. The summed E-state index contributed by atoms with van der Waals surface area (Å²) in [4.78, 5) is 12.7. The van der Waals surface area contributed by atoms with Gasteiger partial charge in [0.25, 0.3) is 10.0 Å². The molecule has 0 fully saturated rings. The number of nitrogen functional groups attached to an aromatic ring is 1. The highest BCUT2D eigenvalue weighted by molar-refractivity contribution is 7.96. The molecule has 168 valence electrons. The molecule has 4 N–H and O–H groups in total. The summed E-state index contributed by atoms with van der Waals surface area (Å²) >= 11 is 0. The first-order chi connectivity index (χ1) is 15.3. The van der Waals surface area contributed by atoms with E-state index in [2.05, 4.69) is 10.6 Å². The number of nitrogens with one attached hydrogen (secondary N) is 2. The summed E-state index contributed by atoms with van der Waals surface area (Å²) in [5, 5.41) is 5.88. The lowest BCUT2D eigenvalue weighted by Crippen LogP contribution is -2.37. The van der Waals surface area contributed by atoms with Gasteiger partial charge in [0.2, 0.25) is 5.91 Å². The van der Waals surface area contributed by atoms with Crippen LogP contribution in [0.4, 0.5) is 11.4 Å². The quantitative estimate of drug-likeness (QED) is 0.527. The summed E-state index contributed by atoms with van der Waals surface area (Å²) in [6.45, 7) is 0.468. The minimum Gasteiger partial charge on any atom is -0.398 e. The number of anilines is 2. The van der Waals surface area contributed by atoms with Crippen molar-refractivity contribution in [3.63, 3.8) is 0 Å². The minimum atomic E-state index is -3.81. The Morgan fingerprint density at radius 3 is 2.44 bits per heavy atom. The van der Waals surface area contributed by atoms with Crippen LogP contribution in [0.5, 0.6) is 0 Å². The maximum absolute atomic E-state index is 13.2. The van der Waals surface area contributed by atoms with E-state index >= 15 is 0 Å². The van der Waals surface area contributed by atoms with E-state index in [4.69, 9.17) is 5.73 Å².